The molecule has 0 radical (unpaired) electrons. The van der Waals surface area contributed by atoms with Crippen LogP contribution in [0.1, 0.15) is 38.1 Å². The van der Waals surface area contributed by atoms with E-state index in [1.165, 1.54) is 12.8 Å². The van der Waals surface area contributed by atoms with Gasteiger partial charge >= 0.3 is 0 Å². The summed E-state index contributed by atoms with van der Waals surface area (Å²) in [6.07, 6.45) is 4.36. The molecule has 0 aromatic carbocycles. The molecule has 0 bridgehead atoms. The highest BCUT2D eigenvalue weighted by atomic mass is 79.9. The standard InChI is InChI=1S/C13H21BrN4/c1-3-11-12(4-2)16-17-13(15-11)18-7-5-6-10(8-14)9-18/h10H,3-9H2,1-2H3. The van der Waals surface area contributed by atoms with E-state index in [9.17, 15) is 0 Å². The first-order valence-electron chi connectivity index (χ1n) is 6.81. The molecular formula is C13H21BrN4. The van der Waals surface area contributed by atoms with Crippen molar-refractivity contribution >= 4 is 21.9 Å². The number of piperidine rings is 1. The summed E-state index contributed by atoms with van der Waals surface area (Å²) in [6.45, 7) is 6.33. The normalized spacial score (nSPS) is 20.2. The van der Waals surface area contributed by atoms with Gasteiger partial charge in [-0.05, 0) is 31.6 Å². The Bertz CT molecular complexity index is 397. The molecule has 0 aliphatic carbocycles. The Morgan fingerprint density at radius 1 is 1.22 bits per heavy atom. The van der Waals surface area contributed by atoms with E-state index in [-0.39, 0.29) is 0 Å². The Labute approximate surface area is 117 Å². The molecule has 1 fully saturated rings. The first kappa shape index (κ1) is 13.7. The minimum Gasteiger partial charge on any atom is -0.339 e. The van der Waals surface area contributed by atoms with E-state index in [4.69, 9.17) is 4.98 Å². The largest absolute Gasteiger partial charge is 0.339 e. The highest BCUT2D eigenvalue weighted by Crippen LogP contribution is 2.21. The molecule has 1 aliphatic rings. The molecule has 0 saturated carbocycles. The third-order valence-corrected chi connectivity index (χ3v) is 4.43. The Morgan fingerprint density at radius 3 is 2.67 bits per heavy atom. The molecule has 2 heterocycles. The maximum absolute atomic E-state index is 4.69. The van der Waals surface area contributed by atoms with Gasteiger partial charge in [0.25, 0.3) is 0 Å². The molecule has 2 rings (SSSR count). The van der Waals surface area contributed by atoms with Gasteiger partial charge in [0, 0.05) is 18.4 Å². The second kappa shape index (κ2) is 6.45. The lowest BCUT2D eigenvalue weighted by Crippen LogP contribution is -2.37. The number of anilines is 1. The number of nitrogens with zero attached hydrogens (tertiary/aromatic N) is 4. The lowest BCUT2D eigenvalue weighted by Gasteiger charge is -2.31. The molecule has 1 aromatic heterocycles. The van der Waals surface area contributed by atoms with Crippen molar-refractivity contribution in [3.63, 3.8) is 0 Å². The molecule has 1 aliphatic heterocycles. The Kier molecular flexibility index (Phi) is 4.92. The Morgan fingerprint density at radius 2 is 2.00 bits per heavy atom. The molecule has 18 heavy (non-hydrogen) atoms. The van der Waals surface area contributed by atoms with Crippen LogP contribution >= 0.6 is 15.9 Å². The maximum Gasteiger partial charge on any atom is 0.245 e. The van der Waals surface area contributed by atoms with Gasteiger partial charge in [-0.2, -0.15) is 5.10 Å². The fraction of sp³-hybridized carbons (Fsp3) is 0.769. The number of hydrogen-bond donors (Lipinski definition) is 0. The van der Waals surface area contributed by atoms with Gasteiger partial charge in [0.15, 0.2) is 0 Å². The van der Waals surface area contributed by atoms with Crippen LogP contribution in [0, 0.1) is 5.92 Å². The van der Waals surface area contributed by atoms with E-state index in [2.05, 4.69) is 44.9 Å². The van der Waals surface area contributed by atoms with Gasteiger partial charge in [0.1, 0.15) is 0 Å². The smallest absolute Gasteiger partial charge is 0.245 e. The SMILES string of the molecule is CCc1nnc(N2CCCC(CBr)C2)nc1CC. The van der Waals surface area contributed by atoms with E-state index in [1.54, 1.807) is 0 Å². The fourth-order valence-corrected chi connectivity index (χ4v) is 2.96. The van der Waals surface area contributed by atoms with Gasteiger partial charge in [-0.25, -0.2) is 4.98 Å². The summed E-state index contributed by atoms with van der Waals surface area (Å²) in [5, 5.41) is 9.69. The van der Waals surface area contributed by atoms with Gasteiger partial charge in [-0.15, -0.1) is 5.10 Å². The van der Waals surface area contributed by atoms with Gasteiger partial charge < -0.3 is 4.90 Å². The number of halogens is 1. The van der Waals surface area contributed by atoms with Crippen LogP contribution in [0.3, 0.4) is 0 Å². The highest BCUT2D eigenvalue weighted by Gasteiger charge is 2.21. The molecule has 0 N–H and O–H groups in total. The number of rotatable bonds is 4. The van der Waals surface area contributed by atoms with Gasteiger partial charge in [-0.1, -0.05) is 29.8 Å². The summed E-state index contributed by atoms with van der Waals surface area (Å²) in [5.74, 6) is 1.52. The first-order valence-corrected chi connectivity index (χ1v) is 7.94. The maximum atomic E-state index is 4.69. The zero-order valence-electron chi connectivity index (χ0n) is 11.2. The zero-order valence-corrected chi connectivity index (χ0v) is 12.8. The molecule has 4 nitrogen and oxygen atoms in total. The molecule has 0 spiro atoms. The predicted octanol–water partition coefficient (Wildman–Crippen LogP) is 2.61. The average molecular weight is 313 g/mol. The van der Waals surface area contributed by atoms with E-state index >= 15 is 0 Å². The van der Waals surface area contributed by atoms with E-state index in [1.807, 2.05) is 0 Å². The van der Waals surface area contributed by atoms with Crippen molar-refractivity contribution in [2.75, 3.05) is 23.3 Å². The highest BCUT2D eigenvalue weighted by molar-refractivity contribution is 9.09. The quantitative estimate of drug-likeness (QED) is 0.801. The van der Waals surface area contributed by atoms with Crippen molar-refractivity contribution in [2.24, 2.45) is 5.92 Å². The summed E-state index contributed by atoms with van der Waals surface area (Å²) in [6, 6.07) is 0. The number of hydrogen-bond acceptors (Lipinski definition) is 4. The van der Waals surface area contributed by atoms with E-state index < -0.39 is 0 Å². The van der Waals surface area contributed by atoms with Crippen molar-refractivity contribution < 1.29 is 0 Å². The number of aryl methyl sites for hydroxylation is 2. The molecule has 5 heteroatoms. The molecule has 1 unspecified atom stereocenters. The van der Waals surface area contributed by atoms with Gasteiger partial charge in [0.2, 0.25) is 5.95 Å². The van der Waals surface area contributed by atoms with Crippen molar-refractivity contribution in [1.82, 2.24) is 15.2 Å². The summed E-state index contributed by atoms with van der Waals surface area (Å²) in [4.78, 5) is 6.97. The lowest BCUT2D eigenvalue weighted by atomic mass is 10.0. The summed E-state index contributed by atoms with van der Waals surface area (Å²) < 4.78 is 0. The first-order chi connectivity index (χ1) is 8.78. The Balaban J connectivity index is 2.17. The molecular weight excluding hydrogens is 292 g/mol. The molecule has 1 atom stereocenters. The van der Waals surface area contributed by atoms with Crippen LogP contribution in [0.5, 0.6) is 0 Å². The summed E-state index contributed by atoms with van der Waals surface area (Å²) in [5.41, 5.74) is 2.14. The topological polar surface area (TPSA) is 41.9 Å². The van der Waals surface area contributed by atoms with Gasteiger partial charge in [-0.3, -0.25) is 0 Å². The van der Waals surface area contributed by atoms with Crippen LogP contribution in [-0.4, -0.2) is 33.6 Å². The minimum absolute atomic E-state index is 0.707. The van der Waals surface area contributed by atoms with Crippen LogP contribution in [0.2, 0.25) is 0 Å². The van der Waals surface area contributed by atoms with Crippen LogP contribution in [0.25, 0.3) is 0 Å². The van der Waals surface area contributed by atoms with Crippen LogP contribution in [0.15, 0.2) is 0 Å². The predicted molar refractivity (Wildman–Crippen MR) is 77.3 cm³/mol. The van der Waals surface area contributed by atoms with Crippen LogP contribution < -0.4 is 4.90 Å². The fourth-order valence-electron chi connectivity index (χ4n) is 2.43. The molecule has 100 valence electrons. The number of alkyl halides is 1. The summed E-state index contributed by atoms with van der Waals surface area (Å²) in [7, 11) is 0. The Hall–Kier alpha value is -0.710. The van der Waals surface area contributed by atoms with Crippen LogP contribution in [-0.2, 0) is 12.8 Å². The minimum atomic E-state index is 0.707. The zero-order chi connectivity index (χ0) is 13.0. The molecule has 1 saturated heterocycles. The second-order valence-electron chi connectivity index (χ2n) is 4.82. The third-order valence-electron chi connectivity index (χ3n) is 3.52. The average Bonchev–Trinajstić information content (AvgIpc) is 2.46. The van der Waals surface area contributed by atoms with Crippen molar-refractivity contribution in [2.45, 2.75) is 39.5 Å². The van der Waals surface area contributed by atoms with Gasteiger partial charge in [0.05, 0.1) is 11.4 Å². The van der Waals surface area contributed by atoms with Crippen molar-refractivity contribution in [3.05, 3.63) is 11.4 Å². The van der Waals surface area contributed by atoms with Crippen molar-refractivity contribution in [1.29, 1.82) is 0 Å². The lowest BCUT2D eigenvalue weighted by molar-refractivity contribution is 0.448. The monoisotopic (exact) mass is 312 g/mol. The summed E-state index contributed by atoms with van der Waals surface area (Å²) >= 11 is 3.58. The number of aromatic nitrogens is 3. The molecule has 1 aromatic rings. The van der Waals surface area contributed by atoms with Crippen LogP contribution in [0.4, 0.5) is 5.95 Å². The van der Waals surface area contributed by atoms with Crippen molar-refractivity contribution in [3.8, 4) is 0 Å². The van der Waals surface area contributed by atoms with E-state index in [0.29, 0.717) is 5.92 Å². The van der Waals surface area contributed by atoms with E-state index in [0.717, 1.165) is 48.6 Å². The third kappa shape index (κ3) is 2.99. The second-order valence-corrected chi connectivity index (χ2v) is 5.47. The molecule has 0 amide bonds.